The number of hydrogen-bond donors (Lipinski definition) is 1. The van der Waals surface area contributed by atoms with Gasteiger partial charge in [0, 0.05) is 31.6 Å². The highest BCUT2D eigenvalue weighted by Gasteiger charge is 2.47. The lowest BCUT2D eigenvalue weighted by molar-refractivity contribution is 0.00222. The molecule has 2 heterocycles. The first-order valence-corrected chi connectivity index (χ1v) is 8.73. The van der Waals surface area contributed by atoms with Crippen molar-refractivity contribution in [2.24, 2.45) is 0 Å². The third kappa shape index (κ3) is 2.86. The first-order chi connectivity index (χ1) is 10.5. The van der Waals surface area contributed by atoms with Crippen LogP contribution in [0.25, 0.3) is 0 Å². The van der Waals surface area contributed by atoms with Crippen molar-refractivity contribution < 1.29 is 19.0 Å². The summed E-state index contributed by atoms with van der Waals surface area (Å²) < 4.78 is 16.7. The fraction of sp³-hybridized carbons (Fsp3) is 0.533. The largest absolute Gasteiger partial charge is 0.546 e. The van der Waals surface area contributed by atoms with Crippen molar-refractivity contribution in [3.8, 4) is 0 Å². The molecule has 0 radical (unpaired) electrons. The van der Waals surface area contributed by atoms with Crippen LogP contribution in [-0.2, 0) is 9.30 Å². The van der Waals surface area contributed by atoms with Crippen molar-refractivity contribution >= 4 is 25.1 Å². The molecular formula is C15H20N2O4P+. The fourth-order valence-corrected chi connectivity index (χ4v) is 3.52. The number of likely N-dealkylation sites (tertiary alicyclic amines) is 1. The average Bonchev–Trinajstić information content (AvgIpc) is 2.84. The molecule has 0 bridgehead atoms. The number of benzene rings is 1. The number of amides is 1. The molecule has 2 saturated heterocycles. The Hall–Kier alpha value is -1.49. The molecule has 22 heavy (non-hydrogen) atoms. The van der Waals surface area contributed by atoms with Crippen molar-refractivity contribution in [2.75, 3.05) is 31.1 Å². The number of hydrogen-bond acceptors (Lipinski definition) is 4. The Labute approximate surface area is 130 Å². The molecule has 1 amide bonds. The summed E-state index contributed by atoms with van der Waals surface area (Å²) in [5.41, 5.74) is 0.323. The minimum absolute atomic E-state index is 0.328. The zero-order valence-electron chi connectivity index (χ0n) is 12.6. The van der Waals surface area contributed by atoms with Gasteiger partial charge in [-0.15, -0.1) is 0 Å². The van der Waals surface area contributed by atoms with Gasteiger partial charge in [0.25, 0.3) is 0 Å². The quantitative estimate of drug-likeness (QED) is 0.860. The molecule has 1 atom stereocenters. The highest BCUT2D eigenvalue weighted by molar-refractivity contribution is 7.47. The van der Waals surface area contributed by atoms with Crippen LogP contribution in [0.1, 0.15) is 19.8 Å². The lowest BCUT2D eigenvalue weighted by atomic mass is 9.91. The van der Waals surface area contributed by atoms with Crippen LogP contribution in [0.3, 0.4) is 0 Å². The molecule has 0 aromatic heterocycles. The molecule has 0 saturated carbocycles. The summed E-state index contributed by atoms with van der Waals surface area (Å²) in [4.78, 5) is 25.3. The number of anilines is 1. The van der Waals surface area contributed by atoms with E-state index in [4.69, 9.17) is 9.63 Å². The Kier molecular flexibility index (Phi) is 4.17. The predicted octanol–water partition coefficient (Wildman–Crippen LogP) is 1.86. The molecule has 0 aliphatic carbocycles. The van der Waals surface area contributed by atoms with Gasteiger partial charge in [-0.3, -0.25) is 4.90 Å². The number of carbonyl (C=O) groups is 1. The SMILES string of the molecule is CCN1CCC2(CC1)CN(c1ccc([P+](=O)O)cc1)C(=O)O2. The first kappa shape index (κ1) is 15.4. The van der Waals surface area contributed by atoms with Crippen LogP contribution >= 0.6 is 8.03 Å². The summed E-state index contributed by atoms with van der Waals surface area (Å²) in [6.07, 6.45) is 1.37. The second kappa shape index (κ2) is 5.95. The van der Waals surface area contributed by atoms with Gasteiger partial charge in [0.1, 0.15) is 5.60 Å². The molecule has 1 aromatic carbocycles. The molecule has 3 rings (SSSR count). The molecule has 2 aliphatic heterocycles. The maximum absolute atomic E-state index is 12.2. The monoisotopic (exact) mass is 323 g/mol. The van der Waals surface area contributed by atoms with Gasteiger partial charge in [-0.05, 0) is 35.4 Å². The molecule has 118 valence electrons. The van der Waals surface area contributed by atoms with Crippen LogP contribution in [0.2, 0.25) is 0 Å². The summed E-state index contributed by atoms with van der Waals surface area (Å²) in [6, 6.07) is 6.54. The van der Waals surface area contributed by atoms with E-state index in [1.54, 1.807) is 29.2 Å². The Morgan fingerprint density at radius 1 is 1.27 bits per heavy atom. The molecule has 2 aliphatic rings. The van der Waals surface area contributed by atoms with Crippen LogP contribution in [-0.4, -0.2) is 47.7 Å². The van der Waals surface area contributed by atoms with Gasteiger partial charge >= 0.3 is 14.1 Å². The Bertz CT molecular complexity index is 582. The number of carbonyl (C=O) groups excluding carboxylic acids is 1. The molecule has 1 unspecified atom stereocenters. The van der Waals surface area contributed by atoms with Gasteiger partial charge in [0.15, 0.2) is 0 Å². The summed E-state index contributed by atoms with van der Waals surface area (Å²) in [5.74, 6) is 0. The fourth-order valence-electron chi connectivity index (χ4n) is 3.12. The molecule has 2 fully saturated rings. The van der Waals surface area contributed by atoms with E-state index in [2.05, 4.69) is 11.8 Å². The van der Waals surface area contributed by atoms with E-state index in [0.717, 1.165) is 32.5 Å². The molecule has 1 N–H and O–H groups in total. The van der Waals surface area contributed by atoms with Crippen molar-refractivity contribution in [1.82, 2.24) is 4.90 Å². The number of rotatable bonds is 3. The van der Waals surface area contributed by atoms with Crippen LogP contribution in [0, 0.1) is 0 Å². The van der Waals surface area contributed by atoms with Crippen molar-refractivity contribution in [3.05, 3.63) is 24.3 Å². The average molecular weight is 323 g/mol. The lowest BCUT2D eigenvalue weighted by Crippen LogP contribution is -2.46. The summed E-state index contributed by atoms with van der Waals surface area (Å²) in [5, 5.41) is 0.359. The number of piperidine rings is 1. The molecule has 1 aromatic rings. The molecule has 1 spiro atoms. The molecular weight excluding hydrogens is 303 g/mol. The smallest absolute Gasteiger partial charge is 0.441 e. The second-order valence-electron chi connectivity index (χ2n) is 5.86. The molecule has 6 nitrogen and oxygen atoms in total. The zero-order valence-corrected chi connectivity index (χ0v) is 13.5. The Morgan fingerprint density at radius 3 is 2.45 bits per heavy atom. The number of ether oxygens (including phenoxy) is 1. The van der Waals surface area contributed by atoms with E-state index < -0.39 is 8.03 Å². The van der Waals surface area contributed by atoms with Gasteiger partial charge in [0.2, 0.25) is 5.30 Å². The topological polar surface area (TPSA) is 70.1 Å². The third-order valence-electron chi connectivity index (χ3n) is 4.57. The summed E-state index contributed by atoms with van der Waals surface area (Å²) >= 11 is 0. The highest BCUT2D eigenvalue weighted by Crippen LogP contribution is 2.35. The van der Waals surface area contributed by atoms with Gasteiger partial charge in [-0.1, -0.05) is 6.92 Å². The van der Waals surface area contributed by atoms with Gasteiger partial charge < -0.3 is 9.64 Å². The van der Waals surface area contributed by atoms with Crippen molar-refractivity contribution in [1.29, 1.82) is 0 Å². The minimum atomic E-state index is -2.35. The lowest BCUT2D eigenvalue weighted by Gasteiger charge is -2.36. The summed E-state index contributed by atoms with van der Waals surface area (Å²) in [6.45, 7) is 5.60. The second-order valence-corrected chi connectivity index (χ2v) is 6.92. The minimum Gasteiger partial charge on any atom is -0.441 e. The van der Waals surface area contributed by atoms with E-state index in [0.29, 0.717) is 17.5 Å². The number of nitrogens with zero attached hydrogens (tertiary/aromatic N) is 2. The Morgan fingerprint density at radius 2 is 1.91 bits per heavy atom. The predicted molar refractivity (Wildman–Crippen MR) is 83.8 cm³/mol. The van der Waals surface area contributed by atoms with E-state index >= 15 is 0 Å². The van der Waals surface area contributed by atoms with E-state index in [1.807, 2.05) is 0 Å². The van der Waals surface area contributed by atoms with E-state index in [1.165, 1.54) is 0 Å². The highest BCUT2D eigenvalue weighted by atomic mass is 31.1. The van der Waals surface area contributed by atoms with Crippen LogP contribution in [0.5, 0.6) is 0 Å². The van der Waals surface area contributed by atoms with Gasteiger partial charge in [-0.2, -0.15) is 4.89 Å². The van der Waals surface area contributed by atoms with Crippen LogP contribution < -0.4 is 10.2 Å². The van der Waals surface area contributed by atoms with Crippen LogP contribution in [0.15, 0.2) is 24.3 Å². The van der Waals surface area contributed by atoms with E-state index in [9.17, 15) is 9.36 Å². The normalized spacial score (nSPS) is 22.0. The standard InChI is InChI=1S/C15H19N2O4P/c1-2-16-9-7-15(8-10-16)11-17(14(18)21-15)12-3-5-13(6-4-12)22(19)20/h3-6H,2,7-11H2,1H3/p+1. The maximum Gasteiger partial charge on any atom is 0.546 e. The first-order valence-electron chi connectivity index (χ1n) is 7.52. The van der Waals surface area contributed by atoms with Crippen LogP contribution in [0.4, 0.5) is 10.5 Å². The van der Waals surface area contributed by atoms with E-state index in [-0.39, 0.29) is 11.7 Å². The zero-order chi connectivity index (χ0) is 15.7. The summed E-state index contributed by atoms with van der Waals surface area (Å²) in [7, 11) is -2.35. The van der Waals surface area contributed by atoms with Crippen molar-refractivity contribution in [3.63, 3.8) is 0 Å². The van der Waals surface area contributed by atoms with Gasteiger partial charge in [0.05, 0.1) is 6.54 Å². The Balaban J connectivity index is 1.73. The van der Waals surface area contributed by atoms with Crippen molar-refractivity contribution in [2.45, 2.75) is 25.4 Å². The third-order valence-corrected chi connectivity index (χ3v) is 5.31. The molecule has 7 heteroatoms. The maximum atomic E-state index is 12.2. The van der Waals surface area contributed by atoms with Gasteiger partial charge in [-0.25, -0.2) is 4.79 Å².